The summed E-state index contributed by atoms with van der Waals surface area (Å²) in [6.45, 7) is 1.74. The molecule has 1 aromatic rings. The van der Waals surface area contributed by atoms with Gasteiger partial charge in [-0.25, -0.2) is 4.79 Å². The highest BCUT2D eigenvalue weighted by molar-refractivity contribution is 5.94. The Labute approximate surface area is 99.5 Å². The zero-order valence-corrected chi connectivity index (χ0v) is 9.74. The summed E-state index contributed by atoms with van der Waals surface area (Å²) in [6, 6.07) is 4.85. The van der Waals surface area contributed by atoms with Crippen molar-refractivity contribution in [3.05, 3.63) is 23.8 Å². The summed E-state index contributed by atoms with van der Waals surface area (Å²) in [5.74, 6) is -0.227. The van der Waals surface area contributed by atoms with Crippen LogP contribution >= 0.6 is 0 Å². The largest absolute Gasteiger partial charge is 0.491 e. The first-order valence-electron chi connectivity index (χ1n) is 5.45. The summed E-state index contributed by atoms with van der Waals surface area (Å²) < 4.78 is 22.1. The quantitative estimate of drug-likeness (QED) is 0.471. The molecule has 0 aromatic heterocycles. The summed E-state index contributed by atoms with van der Waals surface area (Å²) in [7, 11) is 0. The summed E-state index contributed by atoms with van der Waals surface area (Å²) >= 11 is 0. The van der Waals surface area contributed by atoms with Crippen molar-refractivity contribution in [3.8, 4) is 5.75 Å². The Morgan fingerprint density at radius 3 is 2.88 bits per heavy atom. The van der Waals surface area contributed by atoms with E-state index in [2.05, 4.69) is 0 Å². The third kappa shape index (κ3) is 3.62. The lowest BCUT2D eigenvalue weighted by atomic mass is 10.1. The fourth-order valence-corrected chi connectivity index (χ4v) is 1.32. The van der Waals surface area contributed by atoms with E-state index >= 15 is 0 Å². The van der Waals surface area contributed by atoms with Gasteiger partial charge in [-0.05, 0) is 19.1 Å². The zero-order valence-electron chi connectivity index (χ0n) is 9.74. The Morgan fingerprint density at radius 1 is 1.47 bits per heavy atom. The molecule has 1 aromatic carbocycles. The molecule has 94 valence electrons. The molecule has 0 spiro atoms. The highest BCUT2D eigenvalue weighted by atomic mass is 19.1. The number of hydrogen-bond acceptors (Lipinski definition) is 4. The molecule has 0 aliphatic rings. The first-order valence-corrected chi connectivity index (χ1v) is 5.45. The van der Waals surface area contributed by atoms with Crippen LogP contribution in [0.25, 0.3) is 0 Å². The van der Waals surface area contributed by atoms with Crippen LogP contribution in [0, 0.1) is 0 Å². The number of nitrogen functional groups attached to an aromatic ring is 1. The van der Waals surface area contributed by atoms with Gasteiger partial charge in [0.1, 0.15) is 5.56 Å². The van der Waals surface area contributed by atoms with Crippen LogP contribution in [-0.2, 0) is 4.74 Å². The fourth-order valence-electron chi connectivity index (χ4n) is 1.32. The minimum atomic E-state index is -0.547. The van der Waals surface area contributed by atoms with Gasteiger partial charge in [0.25, 0.3) is 0 Å². The number of ether oxygens (including phenoxy) is 2. The van der Waals surface area contributed by atoms with Crippen molar-refractivity contribution in [1.82, 2.24) is 0 Å². The van der Waals surface area contributed by atoms with Gasteiger partial charge >= 0.3 is 5.97 Å². The first kappa shape index (κ1) is 13.3. The maximum atomic E-state index is 11.9. The molecule has 0 amide bonds. The molecule has 2 N–H and O–H groups in total. The molecular formula is C12H16FNO3. The van der Waals surface area contributed by atoms with Gasteiger partial charge in [0.2, 0.25) is 0 Å². The first-order chi connectivity index (χ1) is 8.20. The topological polar surface area (TPSA) is 61.5 Å². The van der Waals surface area contributed by atoms with Crippen LogP contribution in [-0.4, -0.2) is 25.9 Å². The van der Waals surface area contributed by atoms with Gasteiger partial charge in [-0.1, -0.05) is 6.07 Å². The maximum Gasteiger partial charge on any atom is 0.342 e. The smallest absolute Gasteiger partial charge is 0.342 e. The van der Waals surface area contributed by atoms with Crippen molar-refractivity contribution in [3.63, 3.8) is 0 Å². The minimum Gasteiger partial charge on any atom is -0.491 e. The van der Waals surface area contributed by atoms with Crippen LogP contribution in [0.15, 0.2) is 18.2 Å². The lowest BCUT2D eigenvalue weighted by molar-refractivity contribution is 0.0490. The molecule has 0 saturated heterocycles. The van der Waals surface area contributed by atoms with Crippen LogP contribution in [0.4, 0.5) is 10.1 Å². The molecule has 0 fully saturated rings. The number of para-hydroxylation sites is 1. The molecule has 5 heteroatoms. The third-order valence-electron chi connectivity index (χ3n) is 2.07. The Hall–Kier alpha value is -1.78. The molecule has 0 atom stereocenters. The predicted octanol–water partition coefficient (Wildman–Crippen LogP) is 2.18. The van der Waals surface area contributed by atoms with Crippen molar-refractivity contribution >= 4 is 11.7 Å². The van der Waals surface area contributed by atoms with E-state index in [0.717, 1.165) is 0 Å². The van der Waals surface area contributed by atoms with Crippen molar-refractivity contribution < 1.29 is 18.7 Å². The molecule has 1 rings (SSSR count). The van der Waals surface area contributed by atoms with Crippen molar-refractivity contribution in [2.75, 3.05) is 25.6 Å². The molecule has 0 bridgehead atoms. The summed E-state index contributed by atoms with van der Waals surface area (Å²) in [5, 5.41) is 0. The molecule has 17 heavy (non-hydrogen) atoms. The molecule has 0 aliphatic carbocycles. The van der Waals surface area contributed by atoms with Crippen LogP contribution in [0.3, 0.4) is 0 Å². The molecule has 0 saturated carbocycles. The highest BCUT2D eigenvalue weighted by Gasteiger charge is 2.15. The lowest BCUT2D eigenvalue weighted by Crippen LogP contribution is -2.10. The highest BCUT2D eigenvalue weighted by Crippen LogP contribution is 2.26. The van der Waals surface area contributed by atoms with E-state index in [1.165, 1.54) is 0 Å². The number of anilines is 1. The molecular weight excluding hydrogens is 225 g/mol. The number of alkyl halides is 1. The summed E-state index contributed by atoms with van der Waals surface area (Å²) in [6.07, 6.45) is 0.192. The second kappa shape index (κ2) is 6.73. The Kier molecular flexibility index (Phi) is 5.26. The SMILES string of the molecule is CCOc1c(N)cccc1C(=O)OCCCF. The standard InChI is InChI=1S/C12H16FNO3/c1-2-16-11-9(5-3-6-10(11)14)12(15)17-8-4-7-13/h3,5-6H,2,4,7-8,14H2,1H3. The van der Waals surface area contributed by atoms with Gasteiger partial charge in [-0.2, -0.15) is 0 Å². The van der Waals surface area contributed by atoms with E-state index < -0.39 is 12.6 Å². The normalized spacial score (nSPS) is 10.0. The Balaban J connectivity index is 2.81. The van der Waals surface area contributed by atoms with E-state index in [1.807, 2.05) is 0 Å². The summed E-state index contributed by atoms with van der Waals surface area (Å²) in [4.78, 5) is 11.7. The van der Waals surface area contributed by atoms with E-state index in [9.17, 15) is 9.18 Å². The van der Waals surface area contributed by atoms with E-state index in [-0.39, 0.29) is 18.6 Å². The van der Waals surface area contributed by atoms with Gasteiger partial charge in [-0.3, -0.25) is 4.39 Å². The van der Waals surface area contributed by atoms with Gasteiger partial charge in [0.05, 0.1) is 25.6 Å². The predicted molar refractivity (Wildman–Crippen MR) is 62.9 cm³/mol. The molecule has 0 heterocycles. The number of nitrogens with two attached hydrogens (primary N) is 1. The number of carbonyl (C=O) groups excluding carboxylic acids is 1. The van der Waals surface area contributed by atoms with Crippen molar-refractivity contribution in [2.45, 2.75) is 13.3 Å². The van der Waals surface area contributed by atoms with Gasteiger partial charge in [0.15, 0.2) is 5.75 Å². The van der Waals surface area contributed by atoms with Crippen molar-refractivity contribution in [1.29, 1.82) is 0 Å². The van der Waals surface area contributed by atoms with E-state index in [4.69, 9.17) is 15.2 Å². The molecule has 0 unspecified atom stereocenters. The van der Waals surface area contributed by atoms with Crippen LogP contribution in [0.5, 0.6) is 5.75 Å². The van der Waals surface area contributed by atoms with Gasteiger partial charge in [-0.15, -0.1) is 0 Å². The van der Waals surface area contributed by atoms with Gasteiger partial charge in [0, 0.05) is 6.42 Å². The number of benzene rings is 1. The van der Waals surface area contributed by atoms with E-state index in [1.54, 1.807) is 25.1 Å². The number of rotatable bonds is 6. The number of halogens is 1. The second-order valence-corrected chi connectivity index (χ2v) is 3.34. The van der Waals surface area contributed by atoms with Crippen LogP contribution in [0.2, 0.25) is 0 Å². The van der Waals surface area contributed by atoms with E-state index in [0.29, 0.717) is 18.0 Å². The third-order valence-corrected chi connectivity index (χ3v) is 2.07. The zero-order chi connectivity index (χ0) is 12.7. The number of esters is 1. The average molecular weight is 241 g/mol. The monoisotopic (exact) mass is 241 g/mol. The van der Waals surface area contributed by atoms with Crippen LogP contribution < -0.4 is 10.5 Å². The van der Waals surface area contributed by atoms with Crippen molar-refractivity contribution in [2.24, 2.45) is 0 Å². The Bertz CT molecular complexity index is 382. The van der Waals surface area contributed by atoms with Crippen LogP contribution in [0.1, 0.15) is 23.7 Å². The second-order valence-electron chi connectivity index (χ2n) is 3.34. The summed E-state index contributed by atoms with van der Waals surface area (Å²) in [5.41, 5.74) is 6.36. The molecule has 4 nitrogen and oxygen atoms in total. The Morgan fingerprint density at radius 2 is 2.24 bits per heavy atom. The number of carbonyl (C=O) groups is 1. The minimum absolute atomic E-state index is 0.0513. The molecule has 0 aliphatic heterocycles. The fraction of sp³-hybridized carbons (Fsp3) is 0.417. The lowest BCUT2D eigenvalue weighted by Gasteiger charge is -2.11. The average Bonchev–Trinajstić information content (AvgIpc) is 2.32. The number of hydrogen-bond donors (Lipinski definition) is 1. The van der Waals surface area contributed by atoms with Gasteiger partial charge < -0.3 is 15.2 Å². The molecule has 0 radical (unpaired) electrons. The maximum absolute atomic E-state index is 11.9.